The van der Waals surface area contributed by atoms with E-state index in [0.29, 0.717) is 25.6 Å². The molecule has 0 aromatic heterocycles. The van der Waals surface area contributed by atoms with Gasteiger partial charge in [-0.2, -0.15) is 0 Å². The molecule has 0 aromatic carbocycles. The van der Waals surface area contributed by atoms with E-state index >= 15 is 0 Å². The lowest BCUT2D eigenvalue weighted by Gasteiger charge is -2.24. The Bertz CT molecular complexity index is 390. The molecule has 1 aliphatic carbocycles. The van der Waals surface area contributed by atoms with E-state index in [4.69, 9.17) is 9.47 Å². The maximum absolute atomic E-state index is 12.0. The van der Waals surface area contributed by atoms with Gasteiger partial charge in [-0.15, -0.1) is 0 Å². The topological polar surface area (TPSA) is 76.7 Å². The number of rotatable bonds is 8. The van der Waals surface area contributed by atoms with Gasteiger partial charge in [-0.25, -0.2) is 0 Å². The normalized spacial score (nSPS) is 23.5. The van der Waals surface area contributed by atoms with Crippen LogP contribution in [-0.2, 0) is 19.1 Å². The predicted molar refractivity (Wildman–Crippen MR) is 91.6 cm³/mol. The summed E-state index contributed by atoms with van der Waals surface area (Å²) in [6, 6.07) is 0.319. The third-order valence-electron chi connectivity index (χ3n) is 4.80. The van der Waals surface area contributed by atoms with Crippen LogP contribution >= 0.6 is 0 Å². The summed E-state index contributed by atoms with van der Waals surface area (Å²) in [4.78, 5) is 23.9. The van der Waals surface area contributed by atoms with E-state index in [2.05, 4.69) is 10.6 Å². The van der Waals surface area contributed by atoms with Gasteiger partial charge < -0.3 is 20.1 Å². The van der Waals surface area contributed by atoms with Gasteiger partial charge in [-0.1, -0.05) is 19.3 Å². The Hall–Kier alpha value is -1.14. The molecule has 2 fully saturated rings. The molecule has 2 rings (SSSR count). The third-order valence-corrected chi connectivity index (χ3v) is 4.80. The summed E-state index contributed by atoms with van der Waals surface area (Å²) < 4.78 is 11.2. The zero-order valence-electron chi connectivity index (χ0n) is 14.9. The quantitative estimate of drug-likeness (QED) is 0.708. The van der Waals surface area contributed by atoms with Gasteiger partial charge in [0.2, 0.25) is 11.8 Å². The molecule has 2 atom stereocenters. The summed E-state index contributed by atoms with van der Waals surface area (Å²) in [5.74, 6) is -0.150. The zero-order valence-corrected chi connectivity index (χ0v) is 14.9. The van der Waals surface area contributed by atoms with E-state index in [-0.39, 0.29) is 17.9 Å². The van der Waals surface area contributed by atoms with Crippen LogP contribution in [-0.4, -0.2) is 49.8 Å². The standard InChI is InChI=1S/C18H32N2O4/c1-14(24-13-16-9-5-6-12-23-16)18(22)19-11-10-17(21)20-15-7-3-2-4-8-15/h14-16H,2-13H2,1H3,(H,19,22)(H,20,21). The zero-order chi connectivity index (χ0) is 17.2. The van der Waals surface area contributed by atoms with Crippen LogP contribution in [0.2, 0.25) is 0 Å². The minimum Gasteiger partial charge on any atom is -0.376 e. The van der Waals surface area contributed by atoms with E-state index in [0.717, 1.165) is 38.7 Å². The van der Waals surface area contributed by atoms with E-state index in [1.165, 1.54) is 19.3 Å². The second-order valence-electron chi connectivity index (χ2n) is 6.91. The Morgan fingerprint density at radius 3 is 2.58 bits per heavy atom. The smallest absolute Gasteiger partial charge is 0.248 e. The highest BCUT2D eigenvalue weighted by atomic mass is 16.5. The van der Waals surface area contributed by atoms with Crippen LogP contribution in [0.1, 0.15) is 64.7 Å². The van der Waals surface area contributed by atoms with E-state index in [1.807, 2.05) is 0 Å². The Morgan fingerprint density at radius 2 is 1.88 bits per heavy atom. The number of carbonyl (C=O) groups excluding carboxylic acids is 2. The van der Waals surface area contributed by atoms with Crippen molar-refractivity contribution in [2.24, 2.45) is 0 Å². The Labute approximate surface area is 145 Å². The number of hydrogen-bond donors (Lipinski definition) is 2. The molecule has 2 N–H and O–H groups in total. The maximum atomic E-state index is 12.0. The van der Waals surface area contributed by atoms with Gasteiger partial charge in [0.15, 0.2) is 0 Å². The molecule has 6 nitrogen and oxygen atoms in total. The van der Waals surface area contributed by atoms with Crippen molar-refractivity contribution >= 4 is 11.8 Å². The van der Waals surface area contributed by atoms with Crippen molar-refractivity contribution < 1.29 is 19.1 Å². The molecular formula is C18H32N2O4. The first-order chi connectivity index (χ1) is 11.6. The van der Waals surface area contributed by atoms with Crippen molar-refractivity contribution in [3.63, 3.8) is 0 Å². The highest BCUT2D eigenvalue weighted by Crippen LogP contribution is 2.17. The molecule has 2 unspecified atom stereocenters. The largest absolute Gasteiger partial charge is 0.376 e. The molecule has 6 heteroatoms. The maximum Gasteiger partial charge on any atom is 0.248 e. The summed E-state index contributed by atoms with van der Waals surface area (Å²) in [5, 5.41) is 5.82. The number of ether oxygens (including phenoxy) is 2. The molecule has 1 heterocycles. The molecule has 2 aliphatic rings. The van der Waals surface area contributed by atoms with Crippen LogP contribution in [0.3, 0.4) is 0 Å². The second-order valence-corrected chi connectivity index (χ2v) is 6.91. The third kappa shape index (κ3) is 7.18. The van der Waals surface area contributed by atoms with E-state index < -0.39 is 6.10 Å². The minimum atomic E-state index is -0.517. The van der Waals surface area contributed by atoms with Gasteiger partial charge in [0, 0.05) is 25.6 Å². The first kappa shape index (κ1) is 19.2. The van der Waals surface area contributed by atoms with Crippen LogP contribution < -0.4 is 10.6 Å². The number of amides is 2. The van der Waals surface area contributed by atoms with Gasteiger partial charge in [-0.3, -0.25) is 9.59 Å². The molecule has 1 aliphatic heterocycles. The molecule has 2 amide bonds. The molecule has 138 valence electrons. The van der Waals surface area contributed by atoms with Gasteiger partial charge in [0.25, 0.3) is 0 Å². The first-order valence-corrected chi connectivity index (χ1v) is 9.45. The van der Waals surface area contributed by atoms with Gasteiger partial charge in [-0.05, 0) is 39.0 Å². The summed E-state index contributed by atoms with van der Waals surface area (Å²) in [5.41, 5.74) is 0. The van der Waals surface area contributed by atoms with Crippen molar-refractivity contribution in [3.8, 4) is 0 Å². The van der Waals surface area contributed by atoms with Crippen molar-refractivity contribution in [2.45, 2.75) is 83.0 Å². The number of hydrogen-bond acceptors (Lipinski definition) is 4. The van der Waals surface area contributed by atoms with Crippen LogP contribution in [0.25, 0.3) is 0 Å². The van der Waals surface area contributed by atoms with Crippen molar-refractivity contribution in [1.29, 1.82) is 0 Å². The molecule has 0 bridgehead atoms. The highest BCUT2D eigenvalue weighted by Gasteiger charge is 2.19. The van der Waals surface area contributed by atoms with E-state index in [1.54, 1.807) is 6.92 Å². The average Bonchev–Trinajstić information content (AvgIpc) is 2.61. The van der Waals surface area contributed by atoms with Crippen LogP contribution in [0.15, 0.2) is 0 Å². The van der Waals surface area contributed by atoms with Crippen molar-refractivity contribution in [2.75, 3.05) is 19.8 Å². The van der Waals surface area contributed by atoms with Crippen LogP contribution in [0.5, 0.6) is 0 Å². The molecule has 0 spiro atoms. The van der Waals surface area contributed by atoms with Gasteiger partial charge in [0.1, 0.15) is 6.10 Å². The molecule has 1 saturated carbocycles. The Morgan fingerprint density at radius 1 is 1.12 bits per heavy atom. The molecule has 1 saturated heterocycles. The lowest BCUT2D eigenvalue weighted by Crippen LogP contribution is -2.40. The Balaban J connectivity index is 1.53. The fourth-order valence-corrected chi connectivity index (χ4v) is 3.26. The fraction of sp³-hybridized carbons (Fsp3) is 0.889. The summed E-state index contributed by atoms with van der Waals surface area (Å²) in [6.45, 7) is 3.33. The number of nitrogens with one attached hydrogen (secondary N) is 2. The van der Waals surface area contributed by atoms with Crippen LogP contribution in [0, 0.1) is 0 Å². The SMILES string of the molecule is CC(OCC1CCCCO1)C(=O)NCCC(=O)NC1CCCCC1. The summed E-state index contributed by atoms with van der Waals surface area (Å²) in [7, 11) is 0. The lowest BCUT2D eigenvalue weighted by molar-refractivity contribution is -0.135. The summed E-state index contributed by atoms with van der Waals surface area (Å²) >= 11 is 0. The fourth-order valence-electron chi connectivity index (χ4n) is 3.26. The first-order valence-electron chi connectivity index (χ1n) is 9.45. The Kier molecular flexibility index (Phi) is 8.53. The minimum absolute atomic E-state index is 0.0198. The number of carbonyl (C=O) groups is 2. The van der Waals surface area contributed by atoms with Gasteiger partial charge in [0.05, 0.1) is 12.7 Å². The molecule has 0 aromatic rings. The lowest BCUT2D eigenvalue weighted by atomic mass is 9.95. The molecule has 0 radical (unpaired) electrons. The van der Waals surface area contributed by atoms with E-state index in [9.17, 15) is 9.59 Å². The monoisotopic (exact) mass is 340 g/mol. The van der Waals surface area contributed by atoms with Crippen molar-refractivity contribution in [3.05, 3.63) is 0 Å². The van der Waals surface area contributed by atoms with Crippen molar-refractivity contribution in [1.82, 2.24) is 10.6 Å². The average molecular weight is 340 g/mol. The van der Waals surface area contributed by atoms with Gasteiger partial charge >= 0.3 is 0 Å². The highest BCUT2D eigenvalue weighted by molar-refractivity contribution is 5.81. The predicted octanol–water partition coefficient (Wildman–Crippen LogP) is 1.92. The second kappa shape index (κ2) is 10.7. The molecule has 24 heavy (non-hydrogen) atoms. The van der Waals surface area contributed by atoms with Crippen LogP contribution in [0.4, 0.5) is 0 Å². The summed E-state index contributed by atoms with van der Waals surface area (Å²) in [6.07, 6.45) is 8.98. The molecular weight excluding hydrogens is 308 g/mol.